The number of rotatable bonds is 7. The van der Waals surface area contributed by atoms with Gasteiger partial charge in [0.05, 0.1) is 13.0 Å². The highest BCUT2D eigenvalue weighted by Crippen LogP contribution is 2.22. The van der Waals surface area contributed by atoms with Gasteiger partial charge in [0, 0.05) is 45.1 Å². The molecule has 0 bridgehead atoms. The van der Waals surface area contributed by atoms with Crippen LogP contribution in [0.5, 0.6) is 0 Å². The van der Waals surface area contributed by atoms with Gasteiger partial charge in [-0.25, -0.2) is 4.98 Å². The summed E-state index contributed by atoms with van der Waals surface area (Å²) in [6.07, 6.45) is 5.59. The Bertz CT molecular complexity index is 711. The van der Waals surface area contributed by atoms with Crippen molar-refractivity contribution in [3.8, 4) is 0 Å². The van der Waals surface area contributed by atoms with E-state index in [2.05, 4.69) is 16.5 Å². The summed E-state index contributed by atoms with van der Waals surface area (Å²) in [5.74, 6) is 1.83. The highest BCUT2D eigenvalue weighted by atomic mass is 16.5. The lowest BCUT2D eigenvalue weighted by atomic mass is 9.94. The fourth-order valence-electron chi connectivity index (χ4n) is 3.76. The number of nitrogens with zero attached hydrogens (tertiary/aromatic N) is 3. The molecule has 1 aromatic heterocycles. The molecule has 0 radical (unpaired) electrons. The Hall–Kier alpha value is -2.14. The van der Waals surface area contributed by atoms with Crippen LogP contribution in [0.25, 0.3) is 0 Å². The molecule has 1 saturated heterocycles. The second kappa shape index (κ2) is 8.99. The van der Waals surface area contributed by atoms with E-state index in [0.717, 1.165) is 50.3 Å². The fraction of sp³-hybridized carbons (Fsp3) is 0.524. The Morgan fingerprint density at radius 1 is 1.31 bits per heavy atom. The summed E-state index contributed by atoms with van der Waals surface area (Å²) in [6.45, 7) is 5.32. The normalized spacial score (nSPS) is 17.5. The summed E-state index contributed by atoms with van der Waals surface area (Å²) in [6, 6.07) is 10.0. The topological polar surface area (TPSA) is 47.4 Å². The summed E-state index contributed by atoms with van der Waals surface area (Å²) in [7, 11) is 1.73. The zero-order chi connectivity index (χ0) is 18.4. The number of carbonyl (C=O) groups excluding carboxylic acids is 1. The first-order chi connectivity index (χ1) is 12.7. The van der Waals surface area contributed by atoms with Crippen molar-refractivity contribution in [3.63, 3.8) is 0 Å². The number of amides is 1. The summed E-state index contributed by atoms with van der Waals surface area (Å²) in [4.78, 5) is 19.3. The number of hydrogen-bond donors (Lipinski definition) is 0. The Balaban J connectivity index is 1.59. The van der Waals surface area contributed by atoms with E-state index in [1.54, 1.807) is 7.11 Å². The molecule has 0 spiro atoms. The van der Waals surface area contributed by atoms with E-state index in [1.807, 2.05) is 41.4 Å². The maximum atomic E-state index is 12.7. The molecule has 0 saturated carbocycles. The number of methoxy groups -OCH3 is 1. The van der Waals surface area contributed by atoms with Crippen LogP contribution in [0.15, 0.2) is 36.5 Å². The van der Waals surface area contributed by atoms with Gasteiger partial charge in [0.2, 0.25) is 5.91 Å². The van der Waals surface area contributed by atoms with Gasteiger partial charge >= 0.3 is 0 Å². The number of benzene rings is 1. The van der Waals surface area contributed by atoms with Gasteiger partial charge in [-0.1, -0.05) is 30.3 Å². The molecule has 140 valence electrons. The van der Waals surface area contributed by atoms with Gasteiger partial charge in [-0.3, -0.25) is 4.79 Å². The molecule has 1 fully saturated rings. The van der Waals surface area contributed by atoms with Crippen molar-refractivity contribution < 1.29 is 9.53 Å². The van der Waals surface area contributed by atoms with Crippen molar-refractivity contribution in [2.45, 2.75) is 39.2 Å². The predicted octanol–water partition coefficient (Wildman–Crippen LogP) is 2.86. The molecule has 2 heterocycles. The third-order valence-electron chi connectivity index (χ3n) is 5.20. The second-order valence-corrected chi connectivity index (χ2v) is 7.17. The second-order valence-electron chi connectivity index (χ2n) is 7.17. The predicted molar refractivity (Wildman–Crippen MR) is 102 cm³/mol. The summed E-state index contributed by atoms with van der Waals surface area (Å²) < 4.78 is 7.46. The van der Waals surface area contributed by atoms with Crippen LogP contribution in [0.1, 0.15) is 29.9 Å². The first kappa shape index (κ1) is 18.6. The molecule has 5 heteroatoms. The molecule has 1 amide bonds. The average molecular weight is 355 g/mol. The van der Waals surface area contributed by atoms with E-state index in [9.17, 15) is 4.79 Å². The highest BCUT2D eigenvalue weighted by molar-refractivity contribution is 5.78. The van der Waals surface area contributed by atoms with Crippen molar-refractivity contribution in [1.82, 2.24) is 14.5 Å². The number of aromatic nitrogens is 2. The monoisotopic (exact) mass is 355 g/mol. The zero-order valence-corrected chi connectivity index (χ0v) is 15.9. The molecular formula is C21H29N3O2. The van der Waals surface area contributed by atoms with Crippen molar-refractivity contribution in [3.05, 3.63) is 53.6 Å². The minimum absolute atomic E-state index is 0.236. The molecule has 2 aromatic rings. The maximum Gasteiger partial charge on any atom is 0.226 e. The average Bonchev–Trinajstić information content (AvgIpc) is 3.00. The van der Waals surface area contributed by atoms with Crippen LogP contribution in [0, 0.1) is 12.8 Å². The van der Waals surface area contributed by atoms with E-state index in [-0.39, 0.29) is 5.91 Å². The number of likely N-dealkylation sites (tertiary alicyclic amines) is 1. The van der Waals surface area contributed by atoms with E-state index in [0.29, 0.717) is 18.9 Å². The largest absolute Gasteiger partial charge is 0.383 e. The molecule has 5 nitrogen and oxygen atoms in total. The van der Waals surface area contributed by atoms with Crippen molar-refractivity contribution in [2.75, 3.05) is 26.8 Å². The summed E-state index contributed by atoms with van der Waals surface area (Å²) in [5.41, 5.74) is 2.26. The van der Waals surface area contributed by atoms with Crippen LogP contribution in [0.2, 0.25) is 0 Å². The van der Waals surface area contributed by atoms with Gasteiger partial charge in [0.1, 0.15) is 5.82 Å². The first-order valence-electron chi connectivity index (χ1n) is 9.49. The van der Waals surface area contributed by atoms with Crippen LogP contribution in [0.3, 0.4) is 0 Å². The van der Waals surface area contributed by atoms with Gasteiger partial charge in [-0.2, -0.15) is 0 Å². The van der Waals surface area contributed by atoms with Gasteiger partial charge in [0.25, 0.3) is 0 Å². The SMILES string of the molecule is COCCn1c(C)cnc1CC1CCCN(C(=O)Cc2ccccc2)C1. The minimum Gasteiger partial charge on any atom is -0.383 e. The molecule has 1 atom stereocenters. The summed E-state index contributed by atoms with van der Waals surface area (Å²) in [5, 5.41) is 0. The molecule has 0 aliphatic carbocycles. The van der Waals surface area contributed by atoms with Crippen LogP contribution in [-0.2, 0) is 28.9 Å². The first-order valence-corrected chi connectivity index (χ1v) is 9.49. The molecule has 1 aliphatic rings. The third kappa shape index (κ3) is 4.73. The smallest absolute Gasteiger partial charge is 0.226 e. The van der Waals surface area contributed by atoms with Crippen molar-refractivity contribution in [1.29, 1.82) is 0 Å². The van der Waals surface area contributed by atoms with Gasteiger partial charge in [-0.05, 0) is 31.2 Å². The molecule has 1 aliphatic heterocycles. The molecule has 3 rings (SSSR count). The molecule has 1 unspecified atom stereocenters. The minimum atomic E-state index is 0.236. The lowest BCUT2D eigenvalue weighted by Gasteiger charge is -2.33. The molecule has 26 heavy (non-hydrogen) atoms. The third-order valence-corrected chi connectivity index (χ3v) is 5.20. The summed E-state index contributed by atoms with van der Waals surface area (Å²) >= 11 is 0. The number of ether oxygens (including phenoxy) is 1. The fourth-order valence-corrected chi connectivity index (χ4v) is 3.76. The molecule has 0 N–H and O–H groups in total. The highest BCUT2D eigenvalue weighted by Gasteiger charge is 2.25. The number of aryl methyl sites for hydroxylation is 1. The maximum absolute atomic E-state index is 12.7. The Kier molecular flexibility index (Phi) is 6.45. The lowest BCUT2D eigenvalue weighted by molar-refractivity contribution is -0.132. The van der Waals surface area contributed by atoms with Crippen LogP contribution < -0.4 is 0 Å². The standard InChI is InChI=1S/C21H29N3O2/c1-17-15-22-20(24(17)11-12-26-2)13-19-9-6-10-23(16-19)21(25)14-18-7-4-3-5-8-18/h3-5,7-8,15,19H,6,9-14,16H2,1-2H3. The van der Waals surface area contributed by atoms with Gasteiger partial charge in [-0.15, -0.1) is 0 Å². The van der Waals surface area contributed by atoms with Crippen LogP contribution in [-0.4, -0.2) is 47.2 Å². The van der Waals surface area contributed by atoms with E-state index in [1.165, 1.54) is 5.69 Å². The van der Waals surface area contributed by atoms with E-state index in [4.69, 9.17) is 4.74 Å². The number of imidazole rings is 1. The Labute approximate surface area is 156 Å². The van der Waals surface area contributed by atoms with Crippen molar-refractivity contribution in [2.24, 2.45) is 5.92 Å². The Morgan fingerprint density at radius 2 is 2.12 bits per heavy atom. The quantitative estimate of drug-likeness (QED) is 0.767. The number of hydrogen-bond acceptors (Lipinski definition) is 3. The number of carbonyl (C=O) groups is 1. The van der Waals surface area contributed by atoms with E-state index >= 15 is 0 Å². The lowest BCUT2D eigenvalue weighted by Crippen LogP contribution is -2.41. The van der Waals surface area contributed by atoms with Crippen LogP contribution in [0.4, 0.5) is 0 Å². The van der Waals surface area contributed by atoms with Crippen LogP contribution >= 0.6 is 0 Å². The number of piperidine rings is 1. The molecular weight excluding hydrogens is 326 g/mol. The Morgan fingerprint density at radius 3 is 2.88 bits per heavy atom. The molecule has 1 aromatic carbocycles. The zero-order valence-electron chi connectivity index (χ0n) is 15.9. The van der Waals surface area contributed by atoms with Gasteiger partial charge < -0.3 is 14.2 Å². The van der Waals surface area contributed by atoms with Crippen molar-refractivity contribution >= 4 is 5.91 Å². The van der Waals surface area contributed by atoms with E-state index < -0.39 is 0 Å². The van der Waals surface area contributed by atoms with Gasteiger partial charge in [0.15, 0.2) is 0 Å².